The number of nitrogens with one attached hydrogen (secondary N) is 2. The first-order valence-electron chi connectivity index (χ1n) is 15.8. The molecular formula is C36H49ClN4O. The molecule has 5 rings (SSSR count). The summed E-state index contributed by atoms with van der Waals surface area (Å²) in [5.74, 6) is 10.8. The zero-order chi connectivity index (χ0) is 30.2. The van der Waals surface area contributed by atoms with Crippen molar-refractivity contribution in [3.63, 3.8) is 0 Å². The van der Waals surface area contributed by atoms with E-state index >= 15 is 0 Å². The quantitative estimate of drug-likeness (QED) is 0.258. The highest BCUT2D eigenvalue weighted by molar-refractivity contribution is 6.31. The van der Waals surface area contributed by atoms with Crippen LogP contribution in [0.3, 0.4) is 0 Å². The van der Waals surface area contributed by atoms with Crippen molar-refractivity contribution in [1.29, 1.82) is 5.26 Å². The molecule has 1 aliphatic heterocycles. The van der Waals surface area contributed by atoms with Gasteiger partial charge in [0.2, 0.25) is 0 Å². The third-order valence-corrected chi connectivity index (χ3v) is 10.7. The summed E-state index contributed by atoms with van der Waals surface area (Å²) in [6, 6.07) is 7.79. The van der Waals surface area contributed by atoms with Gasteiger partial charge in [-0.15, -0.1) is 0 Å². The molecular weight excluding hydrogens is 540 g/mol. The summed E-state index contributed by atoms with van der Waals surface area (Å²) in [5.41, 5.74) is 2.98. The van der Waals surface area contributed by atoms with E-state index in [1.165, 1.54) is 45.2 Å². The Bertz CT molecular complexity index is 1290. The van der Waals surface area contributed by atoms with Crippen LogP contribution in [-0.2, 0) is 0 Å². The van der Waals surface area contributed by atoms with E-state index < -0.39 is 0 Å². The molecule has 5 nitrogen and oxygen atoms in total. The number of hydrogen-bond acceptors (Lipinski definition) is 5. The SMILES string of the molecule is C=C(CN(C)[C@H]1C(C)(C)[C@H](Oc2ccc(C#N)c(Cl)c2)C1(C)C)NC(C)C#CC1CC(/C=C2/CCC3CNCC3C2)C1. The van der Waals surface area contributed by atoms with Crippen molar-refractivity contribution in [2.24, 2.45) is 34.5 Å². The molecule has 3 unspecified atom stereocenters. The zero-order valence-corrected chi connectivity index (χ0v) is 27.2. The first-order chi connectivity index (χ1) is 19.9. The Balaban J connectivity index is 1.07. The van der Waals surface area contributed by atoms with Crippen LogP contribution in [0.4, 0.5) is 0 Å². The van der Waals surface area contributed by atoms with E-state index in [1.807, 2.05) is 6.07 Å². The number of nitriles is 1. The second kappa shape index (κ2) is 12.3. The van der Waals surface area contributed by atoms with Gasteiger partial charge in [-0.3, -0.25) is 4.90 Å². The second-order valence-corrected chi connectivity index (χ2v) is 15.1. The van der Waals surface area contributed by atoms with Crippen LogP contribution in [0.5, 0.6) is 5.75 Å². The van der Waals surface area contributed by atoms with Crippen LogP contribution in [0, 0.1) is 57.7 Å². The molecule has 0 bridgehead atoms. The molecule has 0 amide bonds. The molecule has 1 heterocycles. The number of ether oxygens (including phenoxy) is 1. The number of fused-ring (bicyclic) bond motifs is 1. The molecule has 226 valence electrons. The van der Waals surface area contributed by atoms with E-state index in [9.17, 15) is 5.26 Å². The number of halogens is 1. The van der Waals surface area contributed by atoms with Gasteiger partial charge in [-0.2, -0.15) is 5.26 Å². The van der Waals surface area contributed by atoms with Gasteiger partial charge in [0, 0.05) is 41.1 Å². The molecule has 0 aromatic heterocycles. The molecule has 0 spiro atoms. The summed E-state index contributed by atoms with van der Waals surface area (Å²) in [6.07, 6.45) is 9.03. The molecule has 2 N–H and O–H groups in total. The van der Waals surface area contributed by atoms with Gasteiger partial charge in [0.05, 0.1) is 16.6 Å². The summed E-state index contributed by atoms with van der Waals surface area (Å²) in [6.45, 7) is 18.7. The summed E-state index contributed by atoms with van der Waals surface area (Å²) in [5, 5.41) is 16.7. The lowest BCUT2D eigenvalue weighted by Crippen LogP contribution is -2.74. The maximum Gasteiger partial charge on any atom is 0.121 e. The normalized spacial score (nSPS) is 32.4. The standard InChI is InChI=1S/C36H49ClN4O/c1-23(8-9-25-14-27(15-25)16-26-10-11-29-20-39-21-30(29)17-26)40-24(2)22-41(7)33-35(3,4)34(36(33,5)6)42-31-13-12-28(19-38)32(37)18-31/h12-13,16,18,23,25,27,29-30,33-34,39-40H,2,10-11,14-15,17,20-22H2,1,3-7H3/b26-16-/t23?,25?,27?,29?,30?,33-,34-. The molecule has 4 aliphatic rings. The van der Waals surface area contributed by atoms with Gasteiger partial charge < -0.3 is 15.4 Å². The smallest absolute Gasteiger partial charge is 0.121 e. The van der Waals surface area contributed by atoms with Crippen LogP contribution in [0.15, 0.2) is 42.1 Å². The Morgan fingerprint density at radius 2 is 1.95 bits per heavy atom. The number of hydrogen-bond donors (Lipinski definition) is 2. The average molecular weight is 589 g/mol. The first kappa shape index (κ1) is 31.0. The van der Waals surface area contributed by atoms with E-state index in [4.69, 9.17) is 16.3 Å². The lowest BCUT2D eigenvalue weighted by Gasteiger charge is -2.65. The minimum Gasteiger partial charge on any atom is -0.489 e. The van der Waals surface area contributed by atoms with E-state index in [-0.39, 0.29) is 23.0 Å². The average Bonchev–Trinajstić information content (AvgIpc) is 3.36. The molecule has 1 aromatic carbocycles. The highest BCUT2D eigenvalue weighted by Gasteiger charge is 2.64. The maximum atomic E-state index is 9.18. The second-order valence-electron chi connectivity index (χ2n) is 14.6. The highest BCUT2D eigenvalue weighted by Crippen LogP contribution is 2.57. The van der Waals surface area contributed by atoms with E-state index in [1.54, 1.807) is 17.7 Å². The van der Waals surface area contributed by atoms with E-state index in [2.05, 4.69) is 87.8 Å². The molecule has 3 saturated carbocycles. The minimum atomic E-state index is -0.0896. The van der Waals surface area contributed by atoms with Crippen molar-refractivity contribution in [1.82, 2.24) is 15.5 Å². The molecule has 3 atom stereocenters. The Kier molecular flexibility index (Phi) is 9.06. The largest absolute Gasteiger partial charge is 0.489 e. The van der Waals surface area contributed by atoms with Gasteiger partial charge in [-0.05, 0) is 89.1 Å². The topological polar surface area (TPSA) is 60.3 Å². The van der Waals surface area contributed by atoms with Gasteiger partial charge >= 0.3 is 0 Å². The number of allylic oxidation sites excluding steroid dienone is 2. The monoisotopic (exact) mass is 588 g/mol. The van der Waals surface area contributed by atoms with Crippen LogP contribution in [0.25, 0.3) is 0 Å². The van der Waals surface area contributed by atoms with E-state index in [0.29, 0.717) is 28.3 Å². The van der Waals surface area contributed by atoms with Crippen LogP contribution < -0.4 is 15.4 Å². The molecule has 4 fully saturated rings. The first-order valence-corrected chi connectivity index (χ1v) is 16.2. The van der Waals surface area contributed by atoms with Crippen LogP contribution in [0.2, 0.25) is 5.02 Å². The Labute approximate surface area is 259 Å². The van der Waals surface area contributed by atoms with Crippen molar-refractivity contribution < 1.29 is 4.74 Å². The molecule has 1 saturated heterocycles. The summed E-state index contributed by atoms with van der Waals surface area (Å²) >= 11 is 6.26. The minimum absolute atomic E-state index is 0.00385. The number of benzene rings is 1. The van der Waals surface area contributed by atoms with Gasteiger partial charge in [0.25, 0.3) is 0 Å². The van der Waals surface area contributed by atoms with Crippen molar-refractivity contribution in [2.45, 2.75) is 84.9 Å². The number of likely N-dealkylation sites (N-methyl/N-ethyl adjacent to an activating group) is 1. The van der Waals surface area contributed by atoms with Crippen LogP contribution >= 0.6 is 11.6 Å². The van der Waals surface area contributed by atoms with Crippen molar-refractivity contribution in [3.05, 3.63) is 52.7 Å². The van der Waals surface area contributed by atoms with Crippen molar-refractivity contribution in [2.75, 3.05) is 26.7 Å². The molecule has 6 heteroatoms. The third-order valence-electron chi connectivity index (χ3n) is 10.4. The van der Waals surface area contributed by atoms with E-state index in [0.717, 1.165) is 30.0 Å². The lowest BCUT2D eigenvalue weighted by molar-refractivity contribution is -0.203. The van der Waals surface area contributed by atoms with Crippen LogP contribution in [0.1, 0.15) is 72.3 Å². The van der Waals surface area contributed by atoms with Gasteiger partial charge in [-0.1, -0.05) is 69.4 Å². The van der Waals surface area contributed by atoms with Crippen molar-refractivity contribution >= 4 is 11.6 Å². The van der Waals surface area contributed by atoms with Crippen LogP contribution in [-0.4, -0.2) is 49.8 Å². The Hall–Kier alpha value is -2.44. The third kappa shape index (κ3) is 6.40. The van der Waals surface area contributed by atoms with Gasteiger partial charge in [-0.25, -0.2) is 0 Å². The highest BCUT2D eigenvalue weighted by atomic mass is 35.5. The summed E-state index contributed by atoms with van der Waals surface area (Å²) in [4.78, 5) is 2.39. The molecule has 3 aliphatic carbocycles. The number of nitrogens with zero attached hydrogens (tertiary/aromatic N) is 2. The lowest BCUT2D eigenvalue weighted by atomic mass is 9.49. The fourth-order valence-corrected chi connectivity index (χ4v) is 9.15. The van der Waals surface area contributed by atoms with Gasteiger partial charge in [0.1, 0.15) is 17.9 Å². The predicted molar refractivity (Wildman–Crippen MR) is 172 cm³/mol. The fraction of sp³-hybridized carbons (Fsp3) is 0.639. The Morgan fingerprint density at radius 3 is 2.64 bits per heavy atom. The number of rotatable bonds is 8. The predicted octanol–water partition coefficient (Wildman–Crippen LogP) is 6.79. The molecule has 0 radical (unpaired) electrons. The molecule has 1 aromatic rings. The van der Waals surface area contributed by atoms with Gasteiger partial charge in [0.15, 0.2) is 0 Å². The maximum absolute atomic E-state index is 9.18. The summed E-state index contributed by atoms with van der Waals surface area (Å²) < 4.78 is 6.47. The Morgan fingerprint density at radius 1 is 1.24 bits per heavy atom. The fourth-order valence-electron chi connectivity index (χ4n) is 8.94. The molecule has 42 heavy (non-hydrogen) atoms. The summed E-state index contributed by atoms with van der Waals surface area (Å²) in [7, 11) is 2.17. The van der Waals surface area contributed by atoms with Crippen molar-refractivity contribution in [3.8, 4) is 23.7 Å². The zero-order valence-electron chi connectivity index (χ0n) is 26.4.